The molecule has 128 valence electrons. The van der Waals surface area contributed by atoms with Crippen molar-refractivity contribution in [2.45, 2.75) is 12.3 Å². The molecule has 2 N–H and O–H groups in total. The third-order valence-corrected chi connectivity index (χ3v) is 3.94. The van der Waals surface area contributed by atoms with E-state index in [1.807, 2.05) is 12.1 Å². The Morgan fingerprint density at radius 2 is 2.00 bits per heavy atom. The number of anilines is 2. The van der Waals surface area contributed by atoms with E-state index in [2.05, 4.69) is 15.6 Å². The van der Waals surface area contributed by atoms with Crippen molar-refractivity contribution in [3.63, 3.8) is 0 Å². The first-order chi connectivity index (χ1) is 11.4. The first-order valence-electron chi connectivity index (χ1n) is 7.35. The number of ether oxygens (including phenoxy) is 1. The quantitative estimate of drug-likeness (QED) is 0.866. The van der Waals surface area contributed by atoms with Gasteiger partial charge in [0.25, 0.3) is 0 Å². The number of rotatable bonds is 3. The normalized spacial score (nSPS) is 18.4. The van der Waals surface area contributed by atoms with E-state index in [1.54, 1.807) is 12.1 Å². The van der Waals surface area contributed by atoms with Crippen molar-refractivity contribution in [3.05, 3.63) is 52.7 Å². The number of aromatic nitrogens is 1. The van der Waals surface area contributed by atoms with Crippen LogP contribution in [0.2, 0.25) is 5.02 Å². The van der Waals surface area contributed by atoms with E-state index < -0.39 is 16.8 Å². The van der Waals surface area contributed by atoms with Crippen LogP contribution in [0, 0.1) is 0 Å². The van der Waals surface area contributed by atoms with E-state index in [-0.39, 0.29) is 11.9 Å². The minimum Gasteiger partial charge on any atom is -0.371 e. The molecule has 2 heterocycles. The number of nitrogens with one attached hydrogen (secondary N) is 2. The lowest BCUT2D eigenvalue weighted by Crippen LogP contribution is -2.33. The Bertz CT molecular complexity index is 701. The lowest BCUT2D eigenvalue weighted by molar-refractivity contribution is -0.137. The summed E-state index contributed by atoms with van der Waals surface area (Å²) in [6, 6.07) is 8.19. The summed E-state index contributed by atoms with van der Waals surface area (Å²) in [6.07, 6.45) is -3.55. The van der Waals surface area contributed by atoms with Crippen molar-refractivity contribution in [2.24, 2.45) is 0 Å². The zero-order valence-electron chi connectivity index (χ0n) is 12.5. The molecule has 1 unspecified atom stereocenters. The smallest absolute Gasteiger partial charge is 0.371 e. The van der Waals surface area contributed by atoms with Crippen molar-refractivity contribution in [3.8, 4) is 0 Å². The molecule has 1 atom stereocenters. The molecule has 1 fully saturated rings. The van der Waals surface area contributed by atoms with Crippen LogP contribution in [0.1, 0.15) is 17.2 Å². The fraction of sp³-hybridized carbons (Fsp3) is 0.312. The molecule has 1 aromatic carbocycles. The van der Waals surface area contributed by atoms with Crippen LogP contribution in [-0.2, 0) is 10.9 Å². The summed E-state index contributed by atoms with van der Waals surface area (Å²) in [4.78, 5) is 3.88. The highest BCUT2D eigenvalue weighted by atomic mass is 35.5. The number of hydrogen-bond acceptors (Lipinski definition) is 4. The zero-order chi connectivity index (χ0) is 17.2. The summed E-state index contributed by atoms with van der Waals surface area (Å²) in [5, 5.41) is 5.67. The average Bonchev–Trinajstić information content (AvgIpc) is 2.57. The SMILES string of the molecule is FC(F)(F)c1cc(Nc2ccc(C3CNCCO3)cc2)ncc1Cl. The minimum absolute atomic E-state index is 0.0155. The Morgan fingerprint density at radius 1 is 1.25 bits per heavy atom. The van der Waals surface area contributed by atoms with Gasteiger partial charge in [0.05, 0.1) is 23.3 Å². The lowest BCUT2D eigenvalue weighted by Gasteiger charge is -2.24. The summed E-state index contributed by atoms with van der Waals surface area (Å²) in [5.41, 5.74) is 0.721. The molecule has 1 saturated heterocycles. The predicted octanol–water partition coefficient (Wildman–Crippen LogP) is 4.16. The van der Waals surface area contributed by atoms with Gasteiger partial charge < -0.3 is 15.4 Å². The number of nitrogens with zero attached hydrogens (tertiary/aromatic N) is 1. The number of benzene rings is 1. The fourth-order valence-electron chi connectivity index (χ4n) is 2.43. The van der Waals surface area contributed by atoms with E-state index >= 15 is 0 Å². The van der Waals surface area contributed by atoms with Crippen molar-refractivity contribution < 1.29 is 17.9 Å². The second-order valence-electron chi connectivity index (χ2n) is 5.36. The van der Waals surface area contributed by atoms with Gasteiger partial charge in [0.2, 0.25) is 0 Å². The first-order valence-corrected chi connectivity index (χ1v) is 7.73. The highest BCUT2D eigenvalue weighted by molar-refractivity contribution is 6.31. The van der Waals surface area contributed by atoms with E-state index in [4.69, 9.17) is 16.3 Å². The summed E-state index contributed by atoms with van der Waals surface area (Å²) in [7, 11) is 0. The molecular weight excluding hydrogens is 343 g/mol. The van der Waals surface area contributed by atoms with Gasteiger partial charge in [-0.1, -0.05) is 23.7 Å². The second-order valence-corrected chi connectivity index (χ2v) is 5.76. The molecule has 4 nitrogen and oxygen atoms in total. The van der Waals surface area contributed by atoms with Crippen LogP contribution < -0.4 is 10.6 Å². The molecule has 1 aromatic heterocycles. The monoisotopic (exact) mass is 357 g/mol. The van der Waals surface area contributed by atoms with Gasteiger partial charge in [-0.2, -0.15) is 13.2 Å². The molecular formula is C16H15ClF3N3O. The van der Waals surface area contributed by atoms with Gasteiger partial charge in [0.15, 0.2) is 0 Å². The molecule has 0 aliphatic carbocycles. The van der Waals surface area contributed by atoms with Gasteiger partial charge in [-0.15, -0.1) is 0 Å². The highest BCUT2D eigenvalue weighted by Gasteiger charge is 2.33. The molecule has 0 spiro atoms. The van der Waals surface area contributed by atoms with Gasteiger partial charge in [0.1, 0.15) is 5.82 Å². The molecule has 0 bridgehead atoms. The Hall–Kier alpha value is -1.83. The zero-order valence-corrected chi connectivity index (χ0v) is 13.3. The minimum atomic E-state index is -4.52. The molecule has 0 radical (unpaired) electrons. The highest BCUT2D eigenvalue weighted by Crippen LogP contribution is 2.35. The molecule has 3 rings (SSSR count). The number of alkyl halides is 3. The van der Waals surface area contributed by atoms with Gasteiger partial charge in [-0.05, 0) is 23.8 Å². The number of pyridine rings is 1. The summed E-state index contributed by atoms with van der Waals surface area (Å²) >= 11 is 5.56. The van der Waals surface area contributed by atoms with E-state index in [0.29, 0.717) is 12.3 Å². The average molecular weight is 358 g/mol. The second kappa shape index (κ2) is 6.96. The Kier molecular flexibility index (Phi) is 4.93. The number of halogens is 4. The molecule has 8 heteroatoms. The number of hydrogen-bond donors (Lipinski definition) is 2. The Morgan fingerprint density at radius 3 is 2.62 bits per heavy atom. The maximum absolute atomic E-state index is 12.9. The van der Waals surface area contributed by atoms with Gasteiger partial charge in [0, 0.05) is 25.0 Å². The van der Waals surface area contributed by atoms with Crippen LogP contribution >= 0.6 is 11.6 Å². The fourth-order valence-corrected chi connectivity index (χ4v) is 2.64. The van der Waals surface area contributed by atoms with Crippen molar-refractivity contribution >= 4 is 23.1 Å². The van der Waals surface area contributed by atoms with E-state index in [9.17, 15) is 13.2 Å². The van der Waals surface area contributed by atoms with Crippen LogP contribution in [0.4, 0.5) is 24.7 Å². The van der Waals surface area contributed by atoms with Crippen LogP contribution in [-0.4, -0.2) is 24.7 Å². The van der Waals surface area contributed by atoms with Crippen LogP contribution in [0.3, 0.4) is 0 Å². The Balaban J connectivity index is 1.74. The Labute approximate surface area is 142 Å². The molecule has 0 saturated carbocycles. The lowest BCUT2D eigenvalue weighted by atomic mass is 10.1. The maximum Gasteiger partial charge on any atom is 0.418 e. The predicted molar refractivity (Wildman–Crippen MR) is 85.5 cm³/mol. The van der Waals surface area contributed by atoms with E-state index in [1.165, 1.54) is 0 Å². The first kappa shape index (κ1) is 17.0. The van der Waals surface area contributed by atoms with Crippen LogP contribution in [0.25, 0.3) is 0 Å². The summed E-state index contributed by atoms with van der Waals surface area (Å²) in [6.45, 7) is 2.22. The van der Waals surface area contributed by atoms with Crippen LogP contribution in [0.15, 0.2) is 36.5 Å². The third kappa shape index (κ3) is 3.98. The summed E-state index contributed by atoms with van der Waals surface area (Å²) in [5.74, 6) is 0.0788. The third-order valence-electron chi connectivity index (χ3n) is 3.64. The number of morpholine rings is 1. The standard InChI is InChI=1S/C16H15ClF3N3O/c17-13-8-22-15(7-12(13)16(18,19)20)23-11-3-1-10(2-4-11)14-9-21-5-6-24-14/h1-4,7-8,14,21H,5-6,9H2,(H,22,23). The maximum atomic E-state index is 12.9. The van der Waals surface area contributed by atoms with Gasteiger partial charge in [-0.25, -0.2) is 4.98 Å². The van der Waals surface area contributed by atoms with Gasteiger partial charge >= 0.3 is 6.18 Å². The molecule has 2 aromatic rings. The van der Waals surface area contributed by atoms with E-state index in [0.717, 1.165) is 30.9 Å². The molecule has 1 aliphatic heterocycles. The topological polar surface area (TPSA) is 46.2 Å². The molecule has 0 amide bonds. The largest absolute Gasteiger partial charge is 0.418 e. The van der Waals surface area contributed by atoms with Crippen LogP contribution in [0.5, 0.6) is 0 Å². The molecule has 24 heavy (non-hydrogen) atoms. The van der Waals surface area contributed by atoms with Crippen molar-refractivity contribution in [1.82, 2.24) is 10.3 Å². The summed E-state index contributed by atoms with van der Waals surface area (Å²) < 4.78 is 44.3. The van der Waals surface area contributed by atoms with Gasteiger partial charge in [-0.3, -0.25) is 0 Å². The van der Waals surface area contributed by atoms with Crippen molar-refractivity contribution in [1.29, 1.82) is 0 Å². The van der Waals surface area contributed by atoms with Crippen molar-refractivity contribution in [2.75, 3.05) is 25.0 Å². The molecule has 1 aliphatic rings.